The molecule has 1 aromatic carbocycles. The molecule has 0 unspecified atom stereocenters. The molecule has 0 saturated carbocycles. The van der Waals surface area contributed by atoms with Crippen molar-refractivity contribution in [2.75, 3.05) is 32.5 Å². The average molecular weight is 488 g/mol. The molecule has 1 saturated heterocycles. The number of hydrogen-bond acceptors (Lipinski definition) is 7. The molecule has 1 aliphatic heterocycles. The van der Waals surface area contributed by atoms with Crippen molar-refractivity contribution in [2.24, 2.45) is 5.41 Å². The molecule has 2 aromatic heterocycles. The molecule has 0 spiro atoms. The van der Waals surface area contributed by atoms with Gasteiger partial charge in [0.15, 0.2) is 0 Å². The average Bonchev–Trinajstić information content (AvgIpc) is 3.34. The molecule has 176 valence electrons. The fourth-order valence-corrected chi connectivity index (χ4v) is 6.33. The minimum absolute atomic E-state index is 0.182. The first-order valence-corrected chi connectivity index (χ1v) is 13.0. The number of likely N-dealkylation sites (tertiary alicyclic amines) is 1. The summed E-state index contributed by atoms with van der Waals surface area (Å²) in [7, 11) is 1.59. The Balaban J connectivity index is 1.35. The molecule has 33 heavy (non-hydrogen) atoms. The van der Waals surface area contributed by atoms with E-state index < -0.39 is 11.4 Å². The van der Waals surface area contributed by atoms with E-state index >= 15 is 0 Å². The number of hydrogen-bond donors (Lipinski definition) is 1. The maximum Gasteiger partial charge on any atom is 0.309 e. The van der Waals surface area contributed by atoms with Crippen LogP contribution in [-0.2, 0) is 11.3 Å². The Bertz CT molecular complexity index is 1140. The molecule has 9 heteroatoms. The molecule has 7 nitrogen and oxygen atoms in total. The van der Waals surface area contributed by atoms with Crippen molar-refractivity contribution in [3.05, 3.63) is 52.3 Å². The predicted molar refractivity (Wildman–Crippen MR) is 133 cm³/mol. The van der Waals surface area contributed by atoms with E-state index in [1.807, 2.05) is 30.0 Å². The largest absolute Gasteiger partial charge is 0.497 e. The highest BCUT2D eigenvalue weighted by molar-refractivity contribution is 8.01. The van der Waals surface area contributed by atoms with E-state index in [9.17, 15) is 14.7 Å². The van der Waals surface area contributed by atoms with E-state index in [2.05, 4.69) is 27.4 Å². The lowest BCUT2D eigenvalue weighted by atomic mass is 9.75. The number of nitrogens with zero attached hydrogens (tertiary/aromatic N) is 3. The number of rotatable bonds is 10. The molecule has 3 heterocycles. The predicted octanol–water partition coefficient (Wildman–Crippen LogP) is 4.21. The van der Waals surface area contributed by atoms with Crippen molar-refractivity contribution >= 4 is 40.1 Å². The number of fused-ring (bicyclic) bond motifs is 1. The van der Waals surface area contributed by atoms with Crippen LogP contribution >= 0.6 is 23.1 Å². The molecule has 3 aromatic rings. The van der Waals surface area contributed by atoms with Crippen LogP contribution in [0.1, 0.15) is 25.7 Å². The molecular formula is C24H29N3O4S2. The Morgan fingerprint density at radius 1 is 1.27 bits per heavy atom. The summed E-state index contributed by atoms with van der Waals surface area (Å²) in [6.07, 6.45) is 3.79. The lowest BCUT2D eigenvalue weighted by Crippen LogP contribution is -2.45. The summed E-state index contributed by atoms with van der Waals surface area (Å²) in [4.78, 5) is 31.3. The zero-order valence-corrected chi connectivity index (χ0v) is 20.4. The quantitative estimate of drug-likeness (QED) is 0.429. The third-order valence-electron chi connectivity index (χ3n) is 6.50. The van der Waals surface area contributed by atoms with Gasteiger partial charge in [-0.1, -0.05) is 6.07 Å². The molecule has 0 atom stereocenters. The normalized spacial score (nSPS) is 16.2. The molecule has 0 radical (unpaired) electrons. The Morgan fingerprint density at radius 3 is 2.79 bits per heavy atom. The van der Waals surface area contributed by atoms with E-state index in [1.165, 1.54) is 10.4 Å². The monoisotopic (exact) mass is 487 g/mol. The highest BCUT2D eigenvalue weighted by Gasteiger charge is 2.40. The number of carboxylic acids is 1. The fourth-order valence-electron chi connectivity index (χ4n) is 4.47. The van der Waals surface area contributed by atoms with Gasteiger partial charge in [-0.3, -0.25) is 9.59 Å². The Labute approximate surface area is 201 Å². The Morgan fingerprint density at radius 2 is 2.09 bits per heavy atom. The molecule has 1 fully saturated rings. The van der Waals surface area contributed by atoms with E-state index in [1.54, 1.807) is 23.0 Å². The Kier molecular flexibility index (Phi) is 7.72. The van der Waals surface area contributed by atoms with Gasteiger partial charge < -0.3 is 19.3 Å². The van der Waals surface area contributed by atoms with Gasteiger partial charge in [0.05, 0.1) is 34.0 Å². The van der Waals surface area contributed by atoms with Gasteiger partial charge in [-0.25, -0.2) is 4.98 Å². The van der Waals surface area contributed by atoms with E-state index in [4.69, 9.17) is 4.74 Å². The van der Waals surface area contributed by atoms with Crippen molar-refractivity contribution < 1.29 is 14.6 Å². The minimum Gasteiger partial charge on any atom is -0.497 e. The first kappa shape index (κ1) is 23.8. The summed E-state index contributed by atoms with van der Waals surface area (Å²) < 4.78 is 8.30. The van der Waals surface area contributed by atoms with Crippen LogP contribution in [0.2, 0.25) is 0 Å². The summed E-state index contributed by atoms with van der Waals surface area (Å²) in [6, 6.07) is 9.65. The minimum atomic E-state index is -0.721. The standard InChI is InChI=1S/C24H29N3O4S2/c1-31-18-5-6-19-20(16-18)27(21(28)17-25-19)10-3-7-24(23(29)30)8-11-26(12-9-24)13-15-33-22-4-2-14-32-22/h2,4-6,14,16-17H,3,7-13,15H2,1H3,(H,29,30). The molecular weight excluding hydrogens is 458 g/mol. The molecule has 0 amide bonds. The molecule has 0 aliphatic carbocycles. The van der Waals surface area contributed by atoms with Gasteiger partial charge in [0.25, 0.3) is 5.56 Å². The van der Waals surface area contributed by atoms with Crippen molar-refractivity contribution in [3.8, 4) is 5.75 Å². The number of ether oxygens (including phenoxy) is 1. The summed E-state index contributed by atoms with van der Waals surface area (Å²) in [6.45, 7) is 3.03. The van der Waals surface area contributed by atoms with E-state index in [0.717, 1.165) is 30.9 Å². The van der Waals surface area contributed by atoms with E-state index in [-0.39, 0.29) is 5.56 Å². The second-order valence-electron chi connectivity index (χ2n) is 8.41. The number of benzene rings is 1. The van der Waals surface area contributed by atoms with Crippen molar-refractivity contribution in [1.82, 2.24) is 14.5 Å². The highest BCUT2D eigenvalue weighted by atomic mass is 32.2. The topological polar surface area (TPSA) is 84.7 Å². The molecule has 4 rings (SSSR count). The molecule has 1 aliphatic rings. The molecule has 0 bridgehead atoms. The van der Waals surface area contributed by atoms with Crippen LogP contribution in [0.5, 0.6) is 5.75 Å². The van der Waals surface area contributed by atoms with Gasteiger partial charge in [0.2, 0.25) is 0 Å². The summed E-state index contributed by atoms with van der Waals surface area (Å²) in [5, 5.41) is 12.1. The number of aliphatic carboxylic acids is 1. The number of aromatic nitrogens is 2. The summed E-state index contributed by atoms with van der Waals surface area (Å²) in [5.41, 5.74) is 0.529. The van der Waals surface area contributed by atoms with Crippen LogP contribution in [-0.4, -0.2) is 58.0 Å². The maximum atomic E-state index is 12.5. The number of carboxylic acid groups (broad SMARTS) is 1. The van der Waals surface area contributed by atoms with Gasteiger partial charge in [-0.2, -0.15) is 0 Å². The van der Waals surface area contributed by atoms with Crippen molar-refractivity contribution in [3.63, 3.8) is 0 Å². The second-order valence-corrected chi connectivity index (χ2v) is 10.8. The SMILES string of the molecule is COc1ccc2ncc(=O)n(CCCC3(C(=O)O)CCN(CCSc4cccs4)CC3)c2c1. The van der Waals surface area contributed by atoms with Crippen LogP contribution in [0.15, 0.2) is 50.9 Å². The number of aryl methyl sites for hydroxylation is 1. The van der Waals surface area contributed by atoms with Crippen LogP contribution in [0.25, 0.3) is 11.0 Å². The van der Waals surface area contributed by atoms with Gasteiger partial charge >= 0.3 is 5.97 Å². The number of thiophene rings is 1. The Hall–Kier alpha value is -2.36. The second kappa shape index (κ2) is 10.7. The van der Waals surface area contributed by atoms with Crippen LogP contribution in [0, 0.1) is 5.41 Å². The maximum absolute atomic E-state index is 12.5. The summed E-state index contributed by atoms with van der Waals surface area (Å²) in [5.74, 6) is 0.959. The number of methoxy groups -OCH3 is 1. The fraction of sp³-hybridized carbons (Fsp3) is 0.458. The third kappa shape index (κ3) is 5.59. The van der Waals surface area contributed by atoms with Gasteiger partial charge in [-0.05, 0) is 62.4 Å². The zero-order chi connectivity index (χ0) is 23.3. The first-order valence-electron chi connectivity index (χ1n) is 11.2. The van der Waals surface area contributed by atoms with Crippen LogP contribution < -0.4 is 10.3 Å². The first-order chi connectivity index (χ1) is 16.0. The van der Waals surface area contributed by atoms with Crippen molar-refractivity contribution in [1.29, 1.82) is 0 Å². The van der Waals surface area contributed by atoms with Crippen LogP contribution in [0.3, 0.4) is 0 Å². The molecule has 1 N–H and O–H groups in total. The summed E-state index contributed by atoms with van der Waals surface area (Å²) >= 11 is 3.61. The van der Waals surface area contributed by atoms with Gasteiger partial charge in [-0.15, -0.1) is 23.1 Å². The third-order valence-corrected chi connectivity index (χ3v) is 8.62. The van der Waals surface area contributed by atoms with E-state index in [0.29, 0.717) is 43.5 Å². The van der Waals surface area contributed by atoms with Gasteiger partial charge in [0.1, 0.15) is 5.75 Å². The van der Waals surface area contributed by atoms with Gasteiger partial charge in [0, 0.05) is 24.9 Å². The lowest BCUT2D eigenvalue weighted by molar-refractivity contribution is -0.152. The smallest absolute Gasteiger partial charge is 0.309 e. The lowest BCUT2D eigenvalue weighted by Gasteiger charge is -2.39. The highest BCUT2D eigenvalue weighted by Crippen LogP contribution is 2.37. The van der Waals surface area contributed by atoms with Crippen LogP contribution in [0.4, 0.5) is 0 Å². The number of thioether (sulfide) groups is 1. The number of carbonyl (C=O) groups is 1. The van der Waals surface area contributed by atoms with Crippen molar-refractivity contribution in [2.45, 2.75) is 36.4 Å². The number of piperidine rings is 1. The zero-order valence-electron chi connectivity index (χ0n) is 18.7.